The second-order valence-electron chi connectivity index (χ2n) is 2.50. The first kappa shape index (κ1) is 8.05. The maximum atomic E-state index is 5.23. The molecule has 0 aliphatic carbocycles. The van der Waals surface area contributed by atoms with Gasteiger partial charge >= 0.3 is 0 Å². The van der Waals surface area contributed by atoms with Crippen molar-refractivity contribution in [3.8, 4) is 0 Å². The van der Waals surface area contributed by atoms with Gasteiger partial charge in [0.15, 0.2) is 0 Å². The Hall–Kier alpha value is -1.05. The van der Waals surface area contributed by atoms with Crippen molar-refractivity contribution in [2.24, 2.45) is 0 Å². The van der Waals surface area contributed by atoms with Crippen LogP contribution in [0.3, 0.4) is 0 Å². The maximum absolute atomic E-state index is 5.23. The van der Waals surface area contributed by atoms with Gasteiger partial charge in [0.1, 0.15) is 5.76 Å². The monoisotopic (exact) mass is 151 g/mol. The van der Waals surface area contributed by atoms with E-state index in [2.05, 4.69) is 18.0 Å². The van der Waals surface area contributed by atoms with Gasteiger partial charge in [-0.15, -0.1) is 0 Å². The molecule has 0 aliphatic heterocycles. The van der Waals surface area contributed by atoms with Crippen LogP contribution in [0.5, 0.6) is 0 Å². The molecule has 1 heterocycles. The molecule has 1 rings (SSSR count). The topological polar surface area (TPSA) is 26.0 Å². The summed E-state index contributed by atoms with van der Waals surface area (Å²) >= 11 is 0. The molecule has 0 saturated heterocycles. The minimum Gasteiger partial charge on any atom is -0.442 e. The molecule has 0 unspecified atom stereocenters. The molecule has 0 aliphatic rings. The van der Waals surface area contributed by atoms with Crippen molar-refractivity contribution in [1.82, 2.24) is 4.98 Å². The molecule has 2 heteroatoms. The Kier molecular flexibility index (Phi) is 2.90. The molecular weight excluding hydrogens is 138 g/mol. The zero-order chi connectivity index (χ0) is 8.10. The predicted molar refractivity (Wildman–Crippen MR) is 45.2 cm³/mol. The normalized spacial score (nSPS) is 11.1. The minimum absolute atomic E-state index is 0.705. The fraction of sp³-hybridized carbons (Fsp3) is 0.444. The third-order valence-electron chi connectivity index (χ3n) is 1.35. The number of aromatic nitrogens is 1. The van der Waals surface area contributed by atoms with E-state index in [9.17, 15) is 0 Å². The molecule has 0 fully saturated rings. The molecular formula is C9H13NO. The molecule has 60 valence electrons. The Morgan fingerprint density at radius 3 is 3.00 bits per heavy atom. The average Bonchev–Trinajstić information content (AvgIpc) is 2.37. The van der Waals surface area contributed by atoms with Gasteiger partial charge in [-0.1, -0.05) is 19.4 Å². The second-order valence-corrected chi connectivity index (χ2v) is 2.50. The number of hydrogen-bond donors (Lipinski definition) is 0. The van der Waals surface area contributed by atoms with E-state index in [1.54, 1.807) is 6.20 Å². The highest BCUT2D eigenvalue weighted by molar-refractivity contribution is 5.37. The van der Waals surface area contributed by atoms with Gasteiger partial charge in [0.05, 0.1) is 6.20 Å². The maximum Gasteiger partial charge on any atom is 0.218 e. The van der Waals surface area contributed by atoms with Crippen molar-refractivity contribution >= 4 is 6.08 Å². The lowest BCUT2D eigenvalue weighted by atomic mass is 10.3. The summed E-state index contributed by atoms with van der Waals surface area (Å²) in [5.74, 6) is 1.57. The van der Waals surface area contributed by atoms with Crippen molar-refractivity contribution in [2.45, 2.75) is 26.7 Å². The molecule has 0 aromatic carbocycles. The summed E-state index contributed by atoms with van der Waals surface area (Å²) in [5.41, 5.74) is 0. The number of oxazole rings is 1. The van der Waals surface area contributed by atoms with Crippen LogP contribution in [0, 0.1) is 6.92 Å². The molecule has 11 heavy (non-hydrogen) atoms. The Bertz CT molecular complexity index is 237. The van der Waals surface area contributed by atoms with Crippen molar-refractivity contribution in [2.75, 3.05) is 0 Å². The van der Waals surface area contributed by atoms with Crippen LogP contribution in [0.4, 0.5) is 0 Å². The third-order valence-corrected chi connectivity index (χ3v) is 1.35. The van der Waals surface area contributed by atoms with Crippen molar-refractivity contribution in [3.63, 3.8) is 0 Å². The number of hydrogen-bond acceptors (Lipinski definition) is 2. The van der Waals surface area contributed by atoms with E-state index in [0.29, 0.717) is 5.89 Å². The lowest BCUT2D eigenvalue weighted by Gasteiger charge is -1.83. The standard InChI is InChI=1S/C9H13NO/c1-3-4-5-6-9-10-7-8(2)11-9/h5-7H,3-4H2,1-2H3/b6-5+. The molecule has 0 amide bonds. The largest absolute Gasteiger partial charge is 0.442 e. The van der Waals surface area contributed by atoms with Crippen LogP contribution in [0.2, 0.25) is 0 Å². The second kappa shape index (κ2) is 3.96. The fourth-order valence-corrected chi connectivity index (χ4v) is 0.800. The molecule has 2 nitrogen and oxygen atoms in total. The van der Waals surface area contributed by atoms with E-state index >= 15 is 0 Å². The van der Waals surface area contributed by atoms with E-state index in [0.717, 1.165) is 18.6 Å². The van der Waals surface area contributed by atoms with E-state index in [4.69, 9.17) is 4.42 Å². The van der Waals surface area contributed by atoms with Crippen LogP contribution in [-0.4, -0.2) is 4.98 Å². The molecule has 0 bridgehead atoms. The zero-order valence-corrected chi connectivity index (χ0v) is 7.00. The number of allylic oxidation sites excluding steroid dienone is 1. The molecule has 0 N–H and O–H groups in total. The van der Waals surface area contributed by atoms with Gasteiger partial charge in [0.2, 0.25) is 5.89 Å². The first-order chi connectivity index (χ1) is 5.33. The van der Waals surface area contributed by atoms with Crippen molar-refractivity contribution < 1.29 is 4.42 Å². The minimum atomic E-state index is 0.705. The number of aryl methyl sites for hydroxylation is 1. The van der Waals surface area contributed by atoms with Crippen LogP contribution in [0.25, 0.3) is 6.08 Å². The van der Waals surface area contributed by atoms with Gasteiger partial charge in [-0.3, -0.25) is 0 Å². The van der Waals surface area contributed by atoms with Crippen LogP contribution >= 0.6 is 0 Å². The van der Waals surface area contributed by atoms with Gasteiger partial charge in [0.25, 0.3) is 0 Å². The summed E-state index contributed by atoms with van der Waals surface area (Å²) in [6.45, 7) is 4.04. The summed E-state index contributed by atoms with van der Waals surface area (Å²) in [5, 5.41) is 0. The van der Waals surface area contributed by atoms with E-state index in [1.807, 2.05) is 13.0 Å². The van der Waals surface area contributed by atoms with Crippen LogP contribution in [-0.2, 0) is 0 Å². The number of unbranched alkanes of at least 4 members (excludes halogenated alkanes) is 1. The fourth-order valence-electron chi connectivity index (χ4n) is 0.800. The lowest BCUT2D eigenvalue weighted by molar-refractivity contribution is 0.516. The molecule has 0 saturated carbocycles. The van der Waals surface area contributed by atoms with Crippen LogP contribution in [0.15, 0.2) is 16.7 Å². The summed E-state index contributed by atoms with van der Waals surface area (Å²) < 4.78 is 5.23. The molecule has 0 spiro atoms. The van der Waals surface area contributed by atoms with Gasteiger partial charge in [-0.2, -0.15) is 0 Å². The first-order valence-corrected chi connectivity index (χ1v) is 3.92. The number of nitrogens with zero attached hydrogens (tertiary/aromatic N) is 1. The van der Waals surface area contributed by atoms with E-state index < -0.39 is 0 Å². The van der Waals surface area contributed by atoms with Crippen molar-refractivity contribution in [3.05, 3.63) is 23.9 Å². The molecule has 0 atom stereocenters. The molecule has 1 aromatic heterocycles. The van der Waals surface area contributed by atoms with Gasteiger partial charge in [-0.25, -0.2) is 4.98 Å². The highest BCUT2D eigenvalue weighted by Gasteiger charge is 1.92. The summed E-state index contributed by atoms with van der Waals surface area (Å²) in [4.78, 5) is 4.03. The van der Waals surface area contributed by atoms with Crippen LogP contribution in [0.1, 0.15) is 31.4 Å². The van der Waals surface area contributed by atoms with Gasteiger partial charge in [0, 0.05) is 0 Å². The summed E-state index contributed by atoms with van der Waals surface area (Å²) in [7, 11) is 0. The number of rotatable bonds is 3. The zero-order valence-electron chi connectivity index (χ0n) is 7.00. The highest BCUT2D eigenvalue weighted by Crippen LogP contribution is 2.04. The SMILES string of the molecule is CCC/C=C/c1ncc(C)o1. The smallest absolute Gasteiger partial charge is 0.218 e. The molecule has 0 radical (unpaired) electrons. The third kappa shape index (κ3) is 2.58. The first-order valence-electron chi connectivity index (χ1n) is 3.92. The summed E-state index contributed by atoms with van der Waals surface area (Å²) in [6.07, 6.45) is 7.96. The van der Waals surface area contributed by atoms with Gasteiger partial charge < -0.3 is 4.42 Å². The summed E-state index contributed by atoms with van der Waals surface area (Å²) in [6, 6.07) is 0. The highest BCUT2D eigenvalue weighted by atomic mass is 16.3. The average molecular weight is 151 g/mol. The van der Waals surface area contributed by atoms with E-state index in [-0.39, 0.29) is 0 Å². The Labute approximate surface area is 66.9 Å². The van der Waals surface area contributed by atoms with E-state index in [1.165, 1.54) is 0 Å². The van der Waals surface area contributed by atoms with Crippen LogP contribution < -0.4 is 0 Å². The Morgan fingerprint density at radius 1 is 1.64 bits per heavy atom. The quantitative estimate of drug-likeness (QED) is 0.663. The predicted octanol–water partition coefficient (Wildman–Crippen LogP) is 2.80. The van der Waals surface area contributed by atoms with Crippen molar-refractivity contribution in [1.29, 1.82) is 0 Å². The Morgan fingerprint density at radius 2 is 2.45 bits per heavy atom. The Balaban J connectivity index is 2.50. The lowest BCUT2D eigenvalue weighted by Crippen LogP contribution is -1.67. The molecule has 1 aromatic rings. The van der Waals surface area contributed by atoms with Gasteiger partial charge in [-0.05, 0) is 19.4 Å².